The minimum Gasteiger partial charge on any atom is -0.314 e. The first-order valence-electron chi connectivity index (χ1n) is 4.69. The van der Waals surface area contributed by atoms with Crippen molar-refractivity contribution in [2.75, 3.05) is 19.3 Å². The summed E-state index contributed by atoms with van der Waals surface area (Å²) >= 11 is 0. The molecule has 1 fully saturated rings. The van der Waals surface area contributed by atoms with Crippen molar-refractivity contribution in [3.05, 3.63) is 0 Å². The summed E-state index contributed by atoms with van der Waals surface area (Å²) in [5, 5.41) is 3.33. The van der Waals surface area contributed by atoms with Crippen molar-refractivity contribution in [2.45, 2.75) is 25.8 Å². The summed E-state index contributed by atoms with van der Waals surface area (Å²) in [4.78, 5) is 0. The Labute approximate surface area is 80.1 Å². The van der Waals surface area contributed by atoms with E-state index in [9.17, 15) is 8.42 Å². The molecule has 0 radical (unpaired) electrons. The van der Waals surface area contributed by atoms with E-state index >= 15 is 0 Å². The van der Waals surface area contributed by atoms with Crippen LogP contribution in [0, 0.1) is 5.92 Å². The zero-order valence-corrected chi connectivity index (χ0v) is 9.02. The van der Waals surface area contributed by atoms with Gasteiger partial charge in [0.2, 0.25) is 10.0 Å². The molecule has 0 amide bonds. The molecule has 1 aliphatic carbocycles. The van der Waals surface area contributed by atoms with Crippen LogP contribution in [0.15, 0.2) is 0 Å². The van der Waals surface area contributed by atoms with Gasteiger partial charge in [-0.1, -0.05) is 6.92 Å². The average Bonchev–Trinajstić information content (AvgIpc) is 1.91. The Morgan fingerprint density at radius 2 is 2.00 bits per heavy atom. The van der Waals surface area contributed by atoms with Gasteiger partial charge in [0.15, 0.2) is 0 Å². The molecule has 1 rings (SSSR count). The normalized spacial score (nSPS) is 28.5. The van der Waals surface area contributed by atoms with E-state index in [4.69, 9.17) is 0 Å². The Hall–Kier alpha value is -0.130. The predicted molar refractivity (Wildman–Crippen MR) is 53.0 cm³/mol. The smallest absolute Gasteiger partial charge is 0.208 e. The molecule has 0 aromatic rings. The Morgan fingerprint density at radius 3 is 2.46 bits per heavy atom. The van der Waals surface area contributed by atoms with Crippen molar-refractivity contribution < 1.29 is 8.42 Å². The third-order valence-corrected chi connectivity index (χ3v) is 3.05. The minimum absolute atomic E-state index is 0.527. The molecule has 0 aromatic carbocycles. The van der Waals surface area contributed by atoms with E-state index in [0.717, 1.165) is 19.4 Å². The molecular formula is C8H18N2O2S. The molecule has 0 aliphatic heterocycles. The zero-order chi connectivity index (χ0) is 9.90. The predicted octanol–water partition coefficient (Wildman–Crippen LogP) is -0.0763. The topological polar surface area (TPSA) is 58.2 Å². The second kappa shape index (κ2) is 4.39. The number of nitrogens with one attached hydrogen (secondary N) is 2. The molecule has 5 heteroatoms. The summed E-state index contributed by atoms with van der Waals surface area (Å²) < 4.78 is 24.0. The van der Waals surface area contributed by atoms with Crippen molar-refractivity contribution >= 4 is 10.0 Å². The van der Waals surface area contributed by atoms with Crippen molar-refractivity contribution in [3.8, 4) is 0 Å². The van der Waals surface area contributed by atoms with Gasteiger partial charge >= 0.3 is 0 Å². The fourth-order valence-electron chi connectivity index (χ4n) is 1.63. The largest absolute Gasteiger partial charge is 0.314 e. The van der Waals surface area contributed by atoms with E-state index in [1.54, 1.807) is 0 Å². The lowest BCUT2D eigenvalue weighted by Gasteiger charge is -2.35. The van der Waals surface area contributed by atoms with Gasteiger partial charge in [-0.15, -0.1) is 0 Å². The number of hydrogen-bond donors (Lipinski definition) is 2. The first-order chi connectivity index (χ1) is 6.01. The van der Waals surface area contributed by atoms with Gasteiger partial charge in [0.05, 0.1) is 6.26 Å². The van der Waals surface area contributed by atoms with Gasteiger partial charge in [0.25, 0.3) is 0 Å². The SMILES string of the molecule is CCN[C@H]1C[C@@H](CNS(C)(=O)=O)C1. The van der Waals surface area contributed by atoms with Crippen LogP contribution < -0.4 is 10.0 Å². The number of sulfonamides is 1. The first-order valence-corrected chi connectivity index (χ1v) is 6.58. The zero-order valence-electron chi connectivity index (χ0n) is 8.21. The van der Waals surface area contributed by atoms with Crippen LogP contribution in [0.2, 0.25) is 0 Å². The first kappa shape index (κ1) is 10.9. The molecule has 0 atom stereocenters. The van der Waals surface area contributed by atoms with Crippen LogP contribution in [0.3, 0.4) is 0 Å². The van der Waals surface area contributed by atoms with Crippen LogP contribution in [0.25, 0.3) is 0 Å². The number of rotatable bonds is 5. The van der Waals surface area contributed by atoms with Crippen LogP contribution >= 0.6 is 0 Å². The van der Waals surface area contributed by atoms with Gasteiger partial charge in [-0.2, -0.15) is 0 Å². The summed E-state index contributed by atoms with van der Waals surface area (Å²) in [5.74, 6) is 0.527. The Kier molecular flexibility index (Phi) is 3.70. The highest BCUT2D eigenvalue weighted by molar-refractivity contribution is 7.88. The summed E-state index contributed by atoms with van der Waals surface area (Å²) in [6, 6.07) is 0.608. The third kappa shape index (κ3) is 4.06. The lowest BCUT2D eigenvalue weighted by atomic mass is 9.80. The second-order valence-corrected chi connectivity index (χ2v) is 5.55. The standard InChI is InChI=1S/C8H18N2O2S/c1-3-9-8-4-7(5-8)6-10-13(2,11)12/h7-10H,3-6H2,1-2H3/t7-,8+. The van der Waals surface area contributed by atoms with E-state index in [-0.39, 0.29) is 0 Å². The van der Waals surface area contributed by atoms with E-state index in [0.29, 0.717) is 18.5 Å². The monoisotopic (exact) mass is 206 g/mol. The molecule has 0 saturated heterocycles. The van der Waals surface area contributed by atoms with Crippen molar-refractivity contribution in [2.24, 2.45) is 5.92 Å². The molecule has 4 nitrogen and oxygen atoms in total. The number of hydrogen-bond acceptors (Lipinski definition) is 3. The highest BCUT2D eigenvalue weighted by Gasteiger charge is 2.28. The molecular weight excluding hydrogens is 188 g/mol. The Balaban J connectivity index is 2.09. The minimum atomic E-state index is -3.00. The van der Waals surface area contributed by atoms with Gasteiger partial charge in [-0.05, 0) is 25.3 Å². The molecule has 0 aromatic heterocycles. The molecule has 13 heavy (non-hydrogen) atoms. The maximum absolute atomic E-state index is 10.8. The molecule has 78 valence electrons. The van der Waals surface area contributed by atoms with Gasteiger partial charge in [-0.25, -0.2) is 13.1 Å². The summed E-state index contributed by atoms with van der Waals surface area (Å²) in [6.45, 7) is 3.68. The summed E-state index contributed by atoms with van der Waals surface area (Å²) in [7, 11) is -3.00. The van der Waals surface area contributed by atoms with Crippen LogP contribution in [0.5, 0.6) is 0 Å². The van der Waals surface area contributed by atoms with Crippen LogP contribution in [-0.2, 0) is 10.0 Å². The average molecular weight is 206 g/mol. The molecule has 0 spiro atoms. The lowest BCUT2D eigenvalue weighted by molar-refractivity contribution is 0.228. The lowest BCUT2D eigenvalue weighted by Crippen LogP contribution is -2.45. The summed E-state index contributed by atoms with van der Waals surface area (Å²) in [6.07, 6.45) is 3.39. The van der Waals surface area contributed by atoms with Crippen molar-refractivity contribution in [1.29, 1.82) is 0 Å². The van der Waals surface area contributed by atoms with E-state index in [1.165, 1.54) is 6.26 Å². The van der Waals surface area contributed by atoms with Gasteiger partial charge < -0.3 is 5.32 Å². The van der Waals surface area contributed by atoms with Crippen LogP contribution in [0.4, 0.5) is 0 Å². The quantitative estimate of drug-likeness (QED) is 0.661. The molecule has 1 aliphatic rings. The third-order valence-electron chi connectivity index (χ3n) is 2.36. The second-order valence-electron chi connectivity index (χ2n) is 3.71. The highest BCUT2D eigenvalue weighted by atomic mass is 32.2. The van der Waals surface area contributed by atoms with Crippen molar-refractivity contribution in [3.63, 3.8) is 0 Å². The van der Waals surface area contributed by atoms with Gasteiger partial charge in [-0.3, -0.25) is 0 Å². The Bertz CT molecular complexity index is 245. The fraction of sp³-hybridized carbons (Fsp3) is 1.00. The Morgan fingerprint density at radius 1 is 1.38 bits per heavy atom. The van der Waals surface area contributed by atoms with Gasteiger partial charge in [0.1, 0.15) is 0 Å². The summed E-state index contributed by atoms with van der Waals surface area (Å²) in [5.41, 5.74) is 0. The fourth-order valence-corrected chi connectivity index (χ4v) is 2.17. The van der Waals surface area contributed by atoms with Crippen molar-refractivity contribution in [1.82, 2.24) is 10.0 Å². The maximum atomic E-state index is 10.8. The maximum Gasteiger partial charge on any atom is 0.208 e. The van der Waals surface area contributed by atoms with E-state index < -0.39 is 10.0 Å². The van der Waals surface area contributed by atoms with E-state index in [1.807, 2.05) is 0 Å². The van der Waals surface area contributed by atoms with Crippen LogP contribution in [-0.4, -0.2) is 33.8 Å². The van der Waals surface area contributed by atoms with Crippen LogP contribution in [0.1, 0.15) is 19.8 Å². The van der Waals surface area contributed by atoms with Gasteiger partial charge in [0, 0.05) is 12.6 Å². The molecule has 0 unspecified atom stereocenters. The molecule has 2 N–H and O–H groups in total. The van der Waals surface area contributed by atoms with E-state index in [2.05, 4.69) is 17.0 Å². The highest BCUT2D eigenvalue weighted by Crippen LogP contribution is 2.26. The molecule has 0 heterocycles. The molecule has 1 saturated carbocycles. The molecule has 0 bridgehead atoms.